The molecule has 0 spiro atoms. The third kappa shape index (κ3) is 2.54. The summed E-state index contributed by atoms with van der Waals surface area (Å²) in [6.45, 7) is 0.661. The first-order valence-electron chi connectivity index (χ1n) is 5.49. The van der Waals surface area contributed by atoms with Crippen LogP contribution in [0.4, 0.5) is 5.69 Å². The van der Waals surface area contributed by atoms with Gasteiger partial charge in [0, 0.05) is 31.0 Å². The van der Waals surface area contributed by atoms with Crippen LogP contribution in [0.5, 0.6) is 0 Å². The summed E-state index contributed by atoms with van der Waals surface area (Å²) in [4.78, 5) is 6.31. The number of halogens is 1. The summed E-state index contributed by atoms with van der Waals surface area (Å²) < 4.78 is 2.93. The molecule has 2 rings (SSSR count). The molecule has 0 bridgehead atoms. The SMILES string of the molecule is CN(Cc1nccn1C)c1cc(Br)ccc1C#N. The Labute approximate surface area is 115 Å². The third-order valence-electron chi connectivity index (χ3n) is 2.79. The summed E-state index contributed by atoms with van der Waals surface area (Å²) in [6.07, 6.45) is 3.69. The van der Waals surface area contributed by atoms with E-state index < -0.39 is 0 Å². The van der Waals surface area contributed by atoms with Crippen molar-refractivity contribution >= 4 is 21.6 Å². The van der Waals surface area contributed by atoms with Crippen LogP contribution in [0, 0.1) is 11.3 Å². The third-order valence-corrected chi connectivity index (χ3v) is 3.28. The van der Waals surface area contributed by atoms with Gasteiger partial charge in [0.2, 0.25) is 0 Å². The minimum absolute atomic E-state index is 0.661. The molecule has 0 fully saturated rings. The Bertz CT molecular complexity index is 597. The van der Waals surface area contributed by atoms with Crippen LogP contribution in [0.25, 0.3) is 0 Å². The lowest BCUT2D eigenvalue weighted by atomic mass is 10.2. The molecule has 1 aromatic carbocycles. The van der Waals surface area contributed by atoms with Crippen molar-refractivity contribution in [3.05, 3.63) is 46.5 Å². The fraction of sp³-hybridized carbons (Fsp3) is 0.231. The molecule has 0 atom stereocenters. The van der Waals surface area contributed by atoms with Crippen molar-refractivity contribution in [2.45, 2.75) is 6.54 Å². The van der Waals surface area contributed by atoms with Gasteiger partial charge in [-0.05, 0) is 18.2 Å². The van der Waals surface area contributed by atoms with Crippen LogP contribution in [0.3, 0.4) is 0 Å². The first-order valence-corrected chi connectivity index (χ1v) is 6.28. The second-order valence-electron chi connectivity index (χ2n) is 4.08. The Hall–Kier alpha value is -1.80. The summed E-state index contributed by atoms with van der Waals surface area (Å²) in [5.41, 5.74) is 1.56. The molecule has 1 aromatic heterocycles. The highest BCUT2D eigenvalue weighted by molar-refractivity contribution is 9.10. The number of benzene rings is 1. The van der Waals surface area contributed by atoms with Gasteiger partial charge in [0.25, 0.3) is 0 Å². The molecule has 0 saturated heterocycles. The molecular formula is C13H13BrN4. The van der Waals surface area contributed by atoms with E-state index in [1.807, 2.05) is 48.0 Å². The molecule has 0 aliphatic heterocycles. The van der Waals surface area contributed by atoms with Gasteiger partial charge in [-0.1, -0.05) is 15.9 Å². The quantitative estimate of drug-likeness (QED) is 0.876. The number of hydrogen-bond donors (Lipinski definition) is 0. The zero-order valence-electron chi connectivity index (χ0n) is 10.3. The maximum absolute atomic E-state index is 9.13. The van der Waals surface area contributed by atoms with Crippen molar-refractivity contribution in [1.29, 1.82) is 5.26 Å². The molecule has 5 heteroatoms. The van der Waals surface area contributed by atoms with Gasteiger partial charge in [-0.2, -0.15) is 5.26 Å². The number of imidazole rings is 1. The van der Waals surface area contributed by atoms with Gasteiger partial charge in [-0.3, -0.25) is 0 Å². The molecular weight excluding hydrogens is 292 g/mol. The van der Waals surface area contributed by atoms with E-state index in [4.69, 9.17) is 5.26 Å². The molecule has 0 aliphatic carbocycles. The summed E-state index contributed by atoms with van der Waals surface area (Å²) in [6, 6.07) is 7.84. The highest BCUT2D eigenvalue weighted by Crippen LogP contribution is 2.24. The molecule has 4 nitrogen and oxygen atoms in total. The summed E-state index contributed by atoms with van der Waals surface area (Å²) in [5, 5.41) is 9.13. The minimum Gasteiger partial charge on any atom is -0.366 e. The lowest BCUT2D eigenvalue weighted by Crippen LogP contribution is -2.20. The fourth-order valence-corrected chi connectivity index (χ4v) is 2.11. The zero-order chi connectivity index (χ0) is 13.1. The van der Waals surface area contributed by atoms with Gasteiger partial charge >= 0.3 is 0 Å². The fourth-order valence-electron chi connectivity index (χ4n) is 1.76. The Morgan fingerprint density at radius 3 is 2.89 bits per heavy atom. The van der Waals surface area contributed by atoms with Gasteiger partial charge < -0.3 is 9.47 Å². The van der Waals surface area contributed by atoms with E-state index in [0.29, 0.717) is 12.1 Å². The molecule has 0 amide bonds. The first-order chi connectivity index (χ1) is 8.61. The van der Waals surface area contributed by atoms with Crippen LogP contribution < -0.4 is 4.90 Å². The average molecular weight is 305 g/mol. The zero-order valence-corrected chi connectivity index (χ0v) is 11.8. The molecule has 0 unspecified atom stereocenters. The van der Waals surface area contributed by atoms with Gasteiger partial charge in [-0.25, -0.2) is 4.98 Å². The van der Waals surface area contributed by atoms with Crippen LogP contribution in [0.15, 0.2) is 35.1 Å². The van der Waals surface area contributed by atoms with Crippen molar-refractivity contribution in [3.63, 3.8) is 0 Å². The smallest absolute Gasteiger partial charge is 0.127 e. The lowest BCUT2D eigenvalue weighted by Gasteiger charge is -2.20. The van der Waals surface area contributed by atoms with E-state index in [-0.39, 0.29) is 0 Å². The molecule has 0 saturated carbocycles. The number of aryl methyl sites for hydroxylation is 1. The van der Waals surface area contributed by atoms with Crippen molar-refractivity contribution in [3.8, 4) is 6.07 Å². The number of hydrogen-bond acceptors (Lipinski definition) is 3. The van der Waals surface area contributed by atoms with E-state index in [2.05, 4.69) is 27.0 Å². The topological polar surface area (TPSA) is 44.9 Å². The summed E-state index contributed by atoms with van der Waals surface area (Å²) >= 11 is 3.43. The molecule has 92 valence electrons. The Kier molecular flexibility index (Phi) is 3.68. The molecule has 18 heavy (non-hydrogen) atoms. The number of nitrogens with zero attached hydrogens (tertiary/aromatic N) is 4. The monoisotopic (exact) mass is 304 g/mol. The van der Waals surface area contributed by atoms with Gasteiger partial charge in [0.1, 0.15) is 11.9 Å². The number of rotatable bonds is 3. The van der Waals surface area contributed by atoms with Gasteiger partial charge in [-0.15, -0.1) is 0 Å². The Balaban J connectivity index is 2.29. The summed E-state index contributed by atoms with van der Waals surface area (Å²) in [5.74, 6) is 0.960. The van der Waals surface area contributed by atoms with Crippen LogP contribution in [-0.4, -0.2) is 16.6 Å². The lowest BCUT2D eigenvalue weighted by molar-refractivity contribution is 0.761. The predicted molar refractivity (Wildman–Crippen MR) is 74.2 cm³/mol. The van der Waals surface area contributed by atoms with Crippen molar-refractivity contribution < 1.29 is 0 Å². The number of nitriles is 1. The highest BCUT2D eigenvalue weighted by atomic mass is 79.9. The standard InChI is InChI=1S/C13H13BrN4/c1-17-6-5-16-13(17)9-18(2)12-7-11(14)4-3-10(12)8-15/h3-7H,9H2,1-2H3. The largest absolute Gasteiger partial charge is 0.366 e. The van der Waals surface area contributed by atoms with Crippen LogP contribution >= 0.6 is 15.9 Å². The van der Waals surface area contributed by atoms with E-state index in [0.717, 1.165) is 16.0 Å². The van der Waals surface area contributed by atoms with Crippen LogP contribution in [-0.2, 0) is 13.6 Å². The molecule has 0 N–H and O–H groups in total. The van der Waals surface area contributed by atoms with E-state index in [1.165, 1.54) is 0 Å². The molecule has 2 aromatic rings. The first kappa shape index (κ1) is 12.7. The highest BCUT2D eigenvalue weighted by Gasteiger charge is 2.10. The van der Waals surface area contributed by atoms with Crippen LogP contribution in [0.1, 0.15) is 11.4 Å². The maximum Gasteiger partial charge on any atom is 0.127 e. The minimum atomic E-state index is 0.661. The van der Waals surface area contributed by atoms with E-state index in [1.54, 1.807) is 6.20 Å². The van der Waals surface area contributed by atoms with E-state index >= 15 is 0 Å². The second-order valence-corrected chi connectivity index (χ2v) is 5.00. The van der Waals surface area contributed by atoms with Crippen LogP contribution in [0.2, 0.25) is 0 Å². The van der Waals surface area contributed by atoms with Crippen molar-refractivity contribution in [1.82, 2.24) is 9.55 Å². The van der Waals surface area contributed by atoms with Gasteiger partial charge in [0.15, 0.2) is 0 Å². The predicted octanol–water partition coefficient (Wildman–Crippen LogP) is 2.69. The second kappa shape index (κ2) is 5.23. The van der Waals surface area contributed by atoms with Gasteiger partial charge in [0.05, 0.1) is 17.8 Å². The number of aromatic nitrogens is 2. The molecule has 1 heterocycles. The van der Waals surface area contributed by atoms with E-state index in [9.17, 15) is 0 Å². The van der Waals surface area contributed by atoms with Crippen molar-refractivity contribution in [2.24, 2.45) is 7.05 Å². The molecule has 0 aliphatic rings. The number of anilines is 1. The molecule has 0 radical (unpaired) electrons. The normalized spacial score (nSPS) is 10.1. The average Bonchev–Trinajstić information content (AvgIpc) is 2.75. The maximum atomic E-state index is 9.13. The summed E-state index contributed by atoms with van der Waals surface area (Å²) in [7, 11) is 3.92. The Morgan fingerprint density at radius 1 is 1.50 bits per heavy atom. The Morgan fingerprint density at radius 2 is 2.28 bits per heavy atom. The van der Waals surface area contributed by atoms with Crippen molar-refractivity contribution in [2.75, 3.05) is 11.9 Å².